The van der Waals surface area contributed by atoms with E-state index in [9.17, 15) is 5.11 Å². The van der Waals surface area contributed by atoms with E-state index in [0.29, 0.717) is 12.5 Å². The maximum Gasteiger partial charge on any atom is 0.0861 e. The van der Waals surface area contributed by atoms with Crippen molar-refractivity contribution < 1.29 is 5.11 Å². The van der Waals surface area contributed by atoms with E-state index in [0.717, 1.165) is 29.8 Å². The molecule has 2 aromatic heterocycles. The predicted molar refractivity (Wildman–Crippen MR) is 79.5 cm³/mol. The molecule has 0 fully saturated rings. The number of hydrogen-bond acceptors (Lipinski definition) is 3. The summed E-state index contributed by atoms with van der Waals surface area (Å²) in [6, 6.07) is 6.27. The first kappa shape index (κ1) is 14.7. The first-order valence-corrected chi connectivity index (χ1v) is 7.28. The molecule has 0 aliphatic carbocycles. The second-order valence-electron chi connectivity index (χ2n) is 5.21. The monoisotopic (exact) mass is 273 g/mol. The van der Waals surface area contributed by atoms with Crippen LogP contribution in [-0.4, -0.2) is 19.9 Å². The summed E-state index contributed by atoms with van der Waals surface area (Å²) in [5.41, 5.74) is 2.72. The van der Waals surface area contributed by atoms with E-state index in [4.69, 9.17) is 0 Å². The van der Waals surface area contributed by atoms with Gasteiger partial charge in [0.25, 0.3) is 0 Å². The second kappa shape index (κ2) is 6.66. The number of aliphatic hydroxyl groups is 1. The molecule has 108 valence electrons. The van der Waals surface area contributed by atoms with Gasteiger partial charge in [-0.15, -0.1) is 0 Å². The number of aliphatic hydroxyl groups excluding tert-OH is 1. The summed E-state index contributed by atoms with van der Waals surface area (Å²) in [5.74, 6) is 0. The van der Waals surface area contributed by atoms with Crippen molar-refractivity contribution in [1.29, 1.82) is 0 Å². The molecule has 0 saturated carbocycles. The van der Waals surface area contributed by atoms with Crippen LogP contribution < -0.4 is 0 Å². The van der Waals surface area contributed by atoms with E-state index in [-0.39, 0.29) is 0 Å². The quantitative estimate of drug-likeness (QED) is 0.879. The van der Waals surface area contributed by atoms with Crippen molar-refractivity contribution in [2.75, 3.05) is 0 Å². The molecule has 0 aliphatic heterocycles. The fraction of sp³-hybridized carbons (Fsp3) is 0.500. The van der Waals surface area contributed by atoms with Gasteiger partial charge in [-0.2, -0.15) is 5.10 Å². The summed E-state index contributed by atoms with van der Waals surface area (Å²) in [5, 5.41) is 14.8. The Labute approximate surface area is 120 Å². The Bertz CT molecular complexity index is 529. The van der Waals surface area contributed by atoms with Gasteiger partial charge in [0.05, 0.1) is 17.8 Å². The van der Waals surface area contributed by atoms with Gasteiger partial charge in [0, 0.05) is 24.5 Å². The summed E-state index contributed by atoms with van der Waals surface area (Å²) in [6.07, 6.45) is 5.86. The van der Waals surface area contributed by atoms with Crippen molar-refractivity contribution >= 4 is 0 Å². The Morgan fingerprint density at radius 2 is 1.95 bits per heavy atom. The van der Waals surface area contributed by atoms with Crippen molar-refractivity contribution in [2.24, 2.45) is 0 Å². The number of aromatic nitrogens is 3. The molecular weight excluding hydrogens is 250 g/mol. The molecular formula is C16H23N3O. The highest BCUT2D eigenvalue weighted by Gasteiger charge is 2.13. The highest BCUT2D eigenvalue weighted by Crippen LogP contribution is 2.19. The summed E-state index contributed by atoms with van der Waals surface area (Å²) < 4.78 is 2.01. The zero-order chi connectivity index (χ0) is 14.5. The predicted octanol–water partition coefficient (Wildman–Crippen LogP) is 3.22. The lowest BCUT2D eigenvalue weighted by molar-refractivity contribution is 0.176. The highest BCUT2D eigenvalue weighted by atomic mass is 16.3. The Morgan fingerprint density at radius 1 is 1.20 bits per heavy atom. The molecule has 0 spiro atoms. The van der Waals surface area contributed by atoms with Gasteiger partial charge in [0.15, 0.2) is 0 Å². The zero-order valence-electron chi connectivity index (χ0n) is 12.5. The van der Waals surface area contributed by atoms with Crippen LogP contribution in [0.1, 0.15) is 55.8 Å². The molecule has 4 heteroatoms. The SMILES string of the molecule is CCC(CC)n1ccc(CC(O)c2ccc(C)nc2)n1. The van der Waals surface area contributed by atoms with Crippen LogP contribution in [0.3, 0.4) is 0 Å². The van der Waals surface area contributed by atoms with Crippen molar-refractivity contribution in [3.8, 4) is 0 Å². The minimum Gasteiger partial charge on any atom is -0.388 e. The van der Waals surface area contributed by atoms with Crippen molar-refractivity contribution in [2.45, 2.75) is 52.2 Å². The molecule has 4 nitrogen and oxygen atoms in total. The van der Waals surface area contributed by atoms with Crippen LogP contribution in [0.25, 0.3) is 0 Å². The summed E-state index contributed by atoms with van der Waals surface area (Å²) in [4.78, 5) is 4.22. The Balaban J connectivity index is 2.04. The Morgan fingerprint density at radius 3 is 2.55 bits per heavy atom. The molecule has 1 N–H and O–H groups in total. The van der Waals surface area contributed by atoms with Gasteiger partial charge in [-0.3, -0.25) is 9.67 Å². The van der Waals surface area contributed by atoms with Crippen LogP contribution in [0.5, 0.6) is 0 Å². The van der Waals surface area contributed by atoms with E-state index in [1.807, 2.05) is 36.0 Å². The van der Waals surface area contributed by atoms with Crippen LogP contribution in [0.2, 0.25) is 0 Å². The summed E-state index contributed by atoms with van der Waals surface area (Å²) in [7, 11) is 0. The van der Waals surface area contributed by atoms with E-state index in [2.05, 4.69) is 23.9 Å². The molecule has 0 saturated heterocycles. The van der Waals surface area contributed by atoms with Crippen molar-refractivity contribution in [1.82, 2.24) is 14.8 Å². The smallest absolute Gasteiger partial charge is 0.0861 e. The molecule has 1 unspecified atom stereocenters. The van der Waals surface area contributed by atoms with E-state index >= 15 is 0 Å². The number of aryl methyl sites for hydroxylation is 1. The molecule has 20 heavy (non-hydrogen) atoms. The summed E-state index contributed by atoms with van der Waals surface area (Å²) >= 11 is 0. The average Bonchev–Trinajstić information content (AvgIpc) is 2.89. The van der Waals surface area contributed by atoms with Crippen LogP contribution in [0.15, 0.2) is 30.6 Å². The molecule has 0 aliphatic rings. The van der Waals surface area contributed by atoms with Crippen LogP contribution >= 0.6 is 0 Å². The van der Waals surface area contributed by atoms with Crippen LogP contribution in [-0.2, 0) is 6.42 Å². The second-order valence-corrected chi connectivity index (χ2v) is 5.21. The molecule has 0 radical (unpaired) electrons. The van der Waals surface area contributed by atoms with Gasteiger partial charge in [-0.05, 0) is 37.5 Å². The first-order chi connectivity index (χ1) is 9.63. The molecule has 2 aromatic rings. The van der Waals surface area contributed by atoms with E-state index in [1.165, 1.54) is 0 Å². The molecule has 0 bridgehead atoms. The topological polar surface area (TPSA) is 50.9 Å². The van der Waals surface area contributed by atoms with Gasteiger partial charge < -0.3 is 5.11 Å². The van der Waals surface area contributed by atoms with Crippen LogP contribution in [0, 0.1) is 6.92 Å². The molecule has 1 atom stereocenters. The maximum atomic E-state index is 10.2. The third-order valence-corrected chi connectivity index (χ3v) is 3.70. The maximum absolute atomic E-state index is 10.2. The molecule has 0 aromatic carbocycles. The van der Waals surface area contributed by atoms with E-state index < -0.39 is 6.10 Å². The lowest BCUT2D eigenvalue weighted by Crippen LogP contribution is -2.09. The lowest BCUT2D eigenvalue weighted by Gasteiger charge is -2.13. The fourth-order valence-corrected chi connectivity index (χ4v) is 2.34. The van der Waals surface area contributed by atoms with Gasteiger partial charge >= 0.3 is 0 Å². The van der Waals surface area contributed by atoms with Crippen LogP contribution in [0.4, 0.5) is 0 Å². The standard InChI is InChI=1S/C16H23N3O/c1-4-15(5-2)19-9-8-14(18-19)10-16(20)13-7-6-12(3)17-11-13/h6-9,11,15-16,20H,4-5,10H2,1-3H3. The molecule has 2 rings (SSSR count). The fourth-order valence-electron chi connectivity index (χ4n) is 2.34. The first-order valence-electron chi connectivity index (χ1n) is 7.28. The van der Waals surface area contributed by atoms with E-state index in [1.54, 1.807) is 6.20 Å². The minimum atomic E-state index is -0.548. The van der Waals surface area contributed by atoms with Gasteiger partial charge in [0.2, 0.25) is 0 Å². The van der Waals surface area contributed by atoms with Gasteiger partial charge in [0.1, 0.15) is 0 Å². The largest absolute Gasteiger partial charge is 0.388 e. The van der Waals surface area contributed by atoms with Crippen molar-refractivity contribution in [3.05, 3.63) is 47.5 Å². The highest BCUT2D eigenvalue weighted by molar-refractivity contribution is 5.17. The van der Waals surface area contributed by atoms with Gasteiger partial charge in [-0.1, -0.05) is 19.9 Å². The Hall–Kier alpha value is -1.68. The average molecular weight is 273 g/mol. The third-order valence-electron chi connectivity index (χ3n) is 3.70. The lowest BCUT2D eigenvalue weighted by atomic mass is 10.1. The number of rotatable bonds is 6. The Kier molecular flexibility index (Phi) is 4.90. The number of hydrogen-bond donors (Lipinski definition) is 1. The normalized spacial score (nSPS) is 12.8. The van der Waals surface area contributed by atoms with Crippen molar-refractivity contribution in [3.63, 3.8) is 0 Å². The molecule has 0 amide bonds. The third kappa shape index (κ3) is 3.45. The number of nitrogens with zero attached hydrogens (tertiary/aromatic N) is 3. The zero-order valence-corrected chi connectivity index (χ0v) is 12.5. The number of pyridine rings is 1. The summed E-state index contributed by atoms with van der Waals surface area (Å²) in [6.45, 7) is 6.28. The molecule has 2 heterocycles. The van der Waals surface area contributed by atoms with Gasteiger partial charge in [-0.25, -0.2) is 0 Å². The minimum absolute atomic E-state index is 0.446.